The van der Waals surface area contributed by atoms with Gasteiger partial charge in [-0.15, -0.1) is 10.2 Å². The van der Waals surface area contributed by atoms with Crippen molar-refractivity contribution in [3.8, 4) is 0 Å². The van der Waals surface area contributed by atoms with Crippen molar-refractivity contribution < 1.29 is 13.2 Å². The summed E-state index contributed by atoms with van der Waals surface area (Å²) in [6.45, 7) is 0.114. The molecule has 3 rings (SSSR count). The Kier molecular flexibility index (Phi) is 4.71. The smallest absolute Gasteiger partial charge is 0.253 e. The molecule has 1 aromatic carbocycles. The molecule has 3 aromatic rings. The fourth-order valence-electron chi connectivity index (χ4n) is 2.23. The van der Waals surface area contributed by atoms with Gasteiger partial charge >= 0.3 is 0 Å². The molecule has 0 radical (unpaired) electrons. The molecule has 10 heteroatoms. The molecule has 0 unspecified atom stereocenters. The van der Waals surface area contributed by atoms with E-state index >= 15 is 0 Å². The zero-order chi connectivity index (χ0) is 18.0. The molecule has 0 saturated carbocycles. The van der Waals surface area contributed by atoms with Gasteiger partial charge in [-0.25, -0.2) is 13.1 Å². The molecule has 25 heavy (non-hydrogen) atoms. The number of nitrogens with zero attached hydrogens (tertiary/aromatic N) is 3. The highest BCUT2D eigenvalue weighted by molar-refractivity contribution is 7.89. The highest BCUT2D eigenvalue weighted by atomic mass is 35.5. The van der Waals surface area contributed by atoms with E-state index in [0.717, 1.165) is 0 Å². The molecular weight excluding hydrogens is 366 g/mol. The van der Waals surface area contributed by atoms with Crippen molar-refractivity contribution in [3.63, 3.8) is 0 Å². The molecule has 2 aromatic heterocycles. The van der Waals surface area contributed by atoms with E-state index in [4.69, 9.17) is 11.6 Å². The maximum Gasteiger partial charge on any atom is 0.253 e. The van der Waals surface area contributed by atoms with Crippen LogP contribution in [-0.4, -0.2) is 36.0 Å². The van der Waals surface area contributed by atoms with E-state index < -0.39 is 15.9 Å². The van der Waals surface area contributed by atoms with Crippen molar-refractivity contribution in [2.45, 2.75) is 11.4 Å². The third-order valence-corrected chi connectivity index (χ3v) is 5.29. The summed E-state index contributed by atoms with van der Waals surface area (Å²) in [7, 11) is -2.38. The lowest BCUT2D eigenvalue weighted by atomic mass is 10.2. The highest BCUT2D eigenvalue weighted by Gasteiger charge is 2.18. The van der Waals surface area contributed by atoms with Crippen molar-refractivity contribution in [2.24, 2.45) is 0 Å². The average molecular weight is 380 g/mol. The van der Waals surface area contributed by atoms with Crippen molar-refractivity contribution in [3.05, 3.63) is 59.0 Å². The van der Waals surface area contributed by atoms with Crippen LogP contribution in [0.4, 0.5) is 0 Å². The zero-order valence-corrected chi connectivity index (χ0v) is 14.7. The highest BCUT2D eigenvalue weighted by Crippen LogP contribution is 2.20. The molecular formula is C15H14ClN5O3S. The van der Waals surface area contributed by atoms with Crippen LogP contribution in [0.3, 0.4) is 0 Å². The SMILES string of the molecule is CNS(=O)(=O)c1ccc(Cl)c(C(=O)NCc2nnc3ccccn23)c1. The number of aromatic nitrogens is 3. The summed E-state index contributed by atoms with van der Waals surface area (Å²) in [5, 5.41) is 10.8. The van der Waals surface area contributed by atoms with Crippen LogP contribution in [0.1, 0.15) is 16.2 Å². The van der Waals surface area contributed by atoms with Gasteiger partial charge in [-0.1, -0.05) is 17.7 Å². The quantitative estimate of drug-likeness (QED) is 0.693. The third-order valence-electron chi connectivity index (χ3n) is 3.55. The Labute approximate surface area is 148 Å². The minimum Gasteiger partial charge on any atom is -0.345 e. The maximum absolute atomic E-state index is 12.4. The first-order valence-corrected chi connectivity index (χ1v) is 9.08. The van der Waals surface area contributed by atoms with Crippen LogP contribution in [0.15, 0.2) is 47.5 Å². The Hall–Kier alpha value is -2.49. The largest absolute Gasteiger partial charge is 0.345 e. The van der Waals surface area contributed by atoms with Crippen LogP contribution in [0.25, 0.3) is 5.65 Å². The number of hydrogen-bond acceptors (Lipinski definition) is 5. The number of carbonyl (C=O) groups excluding carboxylic acids is 1. The number of benzene rings is 1. The molecule has 0 aliphatic heterocycles. The van der Waals surface area contributed by atoms with Crippen molar-refractivity contribution in [1.82, 2.24) is 24.6 Å². The minimum absolute atomic E-state index is 0.0440. The number of carbonyl (C=O) groups is 1. The number of rotatable bonds is 5. The summed E-state index contributed by atoms with van der Waals surface area (Å²) < 4.78 is 27.7. The lowest BCUT2D eigenvalue weighted by Crippen LogP contribution is -2.25. The first kappa shape index (κ1) is 17.3. The molecule has 0 spiro atoms. The molecule has 0 atom stereocenters. The second-order valence-electron chi connectivity index (χ2n) is 5.08. The molecule has 0 bridgehead atoms. The van der Waals surface area contributed by atoms with E-state index in [1.807, 2.05) is 12.1 Å². The molecule has 0 saturated heterocycles. The van der Waals surface area contributed by atoms with Gasteiger partial charge in [-0.2, -0.15) is 0 Å². The van der Waals surface area contributed by atoms with Gasteiger partial charge in [0.25, 0.3) is 5.91 Å². The molecule has 130 valence electrons. The van der Waals surface area contributed by atoms with Crippen molar-refractivity contribution in [1.29, 1.82) is 0 Å². The van der Waals surface area contributed by atoms with Gasteiger partial charge in [-0.05, 0) is 37.4 Å². The van der Waals surface area contributed by atoms with Gasteiger partial charge < -0.3 is 5.32 Å². The summed E-state index contributed by atoms with van der Waals surface area (Å²) >= 11 is 6.03. The number of hydrogen-bond donors (Lipinski definition) is 2. The maximum atomic E-state index is 12.4. The fourth-order valence-corrected chi connectivity index (χ4v) is 3.19. The number of sulfonamides is 1. The van der Waals surface area contributed by atoms with Gasteiger partial charge in [0.2, 0.25) is 10.0 Å². The lowest BCUT2D eigenvalue weighted by Gasteiger charge is -2.08. The standard InChI is InChI=1S/C15H14ClN5O3S/c1-17-25(23,24)10-5-6-12(16)11(8-10)15(22)18-9-14-20-19-13-4-2-3-7-21(13)14/h2-8,17H,9H2,1H3,(H,18,22). The van der Waals surface area contributed by atoms with Gasteiger partial charge in [0.05, 0.1) is 22.0 Å². The first-order chi connectivity index (χ1) is 11.9. The van der Waals surface area contributed by atoms with Crippen LogP contribution in [0.5, 0.6) is 0 Å². The van der Waals surface area contributed by atoms with Crippen LogP contribution in [-0.2, 0) is 16.6 Å². The number of amides is 1. The summed E-state index contributed by atoms with van der Waals surface area (Å²) in [4.78, 5) is 12.4. The number of halogens is 1. The van der Waals surface area contributed by atoms with E-state index in [9.17, 15) is 13.2 Å². The Bertz CT molecular complexity index is 1050. The van der Waals surface area contributed by atoms with Gasteiger partial charge in [0.15, 0.2) is 11.5 Å². The van der Waals surface area contributed by atoms with Crippen LogP contribution < -0.4 is 10.0 Å². The molecule has 0 aliphatic rings. The van der Waals surface area contributed by atoms with Crippen molar-refractivity contribution in [2.75, 3.05) is 7.05 Å². The molecule has 1 amide bonds. The second kappa shape index (κ2) is 6.79. The second-order valence-corrected chi connectivity index (χ2v) is 7.37. The monoisotopic (exact) mass is 379 g/mol. The molecule has 0 fully saturated rings. The predicted octanol–water partition coefficient (Wildman–Crippen LogP) is 1.22. The summed E-state index contributed by atoms with van der Waals surface area (Å²) in [6.07, 6.45) is 1.78. The third kappa shape index (κ3) is 3.48. The van der Waals surface area contributed by atoms with Gasteiger partial charge in [0, 0.05) is 6.20 Å². The molecule has 8 nitrogen and oxygen atoms in total. The van der Waals surface area contributed by atoms with Crippen LogP contribution in [0.2, 0.25) is 5.02 Å². The van der Waals surface area contributed by atoms with E-state index in [0.29, 0.717) is 11.5 Å². The predicted molar refractivity (Wildman–Crippen MR) is 91.9 cm³/mol. The number of nitrogens with one attached hydrogen (secondary N) is 2. The number of fused-ring (bicyclic) bond motifs is 1. The molecule has 2 N–H and O–H groups in total. The Morgan fingerprint density at radius 1 is 1.24 bits per heavy atom. The molecule has 2 heterocycles. The summed E-state index contributed by atoms with van der Waals surface area (Å²) in [5.74, 6) is 0.0323. The normalized spacial score (nSPS) is 11.6. The van der Waals surface area contributed by atoms with E-state index in [2.05, 4.69) is 20.2 Å². The Morgan fingerprint density at radius 3 is 2.80 bits per heavy atom. The summed E-state index contributed by atoms with van der Waals surface area (Å²) in [5.41, 5.74) is 0.721. The van der Waals surface area contributed by atoms with E-state index in [1.165, 1.54) is 25.2 Å². The minimum atomic E-state index is -3.67. The topological polar surface area (TPSA) is 105 Å². The Morgan fingerprint density at radius 2 is 2.04 bits per heavy atom. The zero-order valence-electron chi connectivity index (χ0n) is 13.1. The van der Waals surface area contributed by atoms with E-state index in [1.54, 1.807) is 16.7 Å². The van der Waals surface area contributed by atoms with Crippen molar-refractivity contribution >= 4 is 33.2 Å². The average Bonchev–Trinajstić information content (AvgIpc) is 3.03. The Balaban J connectivity index is 1.83. The van der Waals surface area contributed by atoms with Gasteiger partial charge in [0.1, 0.15) is 0 Å². The molecule has 0 aliphatic carbocycles. The summed E-state index contributed by atoms with van der Waals surface area (Å²) in [6, 6.07) is 9.38. The first-order valence-electron chi connectivity index (χ1n) is 7.22. The fraction of sp³-hybridized carbons (Fsp3) is 0.133. The van der Waals surface area contributed by atoms with Crippen LogP contribution in [0, 0.1) is 0 Å². The van der Waals surface area contributed by atoms with E-state index in [-0.39, 0.29) is 22.0 Å². The number of pyridine rings is 1. The lowest BCUT2D eigenvalue weighted by molar-refractivity contribution is 0.0949. The van der Waals surface area contributed by atoms with Crippen LogP contribution >= 0.6 is 11.6 Å². The van der Waals surface area contributed by atoms with Gasteiger partial charge in [-0.3, -0.25) is 9.20 Å².